The molecule has 0 saturated carbocycles. The van der Waals surface area contributed by atoms with Gasteiger partial charge in [0.2, 0.25) is 11.8 Å². The second-order valence-corrected chi connectivity index (χ2v) is 9.85. The topological polar surface area (TPSA) is 75.7 Å². The molecule has 0 spiro atoms. The summed E-state index contributed by atoms with van der Waals surface area (Å²) in [6.07, 6.45) is 3.27. The van der Waals surface area contributed by atoms with E-state index in [2.05, 4.69) is 11.4 Å². The summed E-state index contributed by atoms with van der Waals surface area (Å²) in [5.41, 5.74) is 2.70. The number of imide groups is 1. The molecule has 0 aromatic heterocycles. The summed E-state index contributed by atoms with van der Waals surface area (Å²) in [6.45, 7) is 2.00. The summed E-state index contributed by atoms with van der Waals surface area (Å²) < 4.78 is 5.98. The number of benzene rings is 4. The number of hydrogen-bond donors (Lipinski definition) is 1. The van der Waals surface area contributed by atoms with Crippen molar-refractivity contribution < 1.29 is 19.1 Å². The largest absolute Gasteiger partial charge is 0.457 e. The Kier molecular flexibility index (Phi) is 6.00. The van der Waals surface area contributed by atoms with Crippen molar-refractivity contribution in [1.29, 1.82) is 0 Å². The minimum Gasteiger partial charge on any atom is -0.457 e. The monoisotopic (exact) mass is 502 g/mol. The molecule has 1 aliphatic heterocycles. The Morgan fingerprint density at radius 2 is 1.50 bits per heavy atom. The number of nitrogens with zero attached hydrogens (tertiary/aromatic N) is 1. The highest BCUT2D eigenvalue weighted by molar-refractivity contribution is 6.22. The molecule has 6 rings (SSSR count). The maximum atomic E-state index is 12.9. The summed E-state index contributed by atoms with van der Waals surface area (Å²) in [5, 5.41) is 5.13. The summed E-state index contributed by atoms with van der Waals surface area (Å²) in [7, 11) is 0. The van der Waals surface area contributed by atoms with E-state index in [4.69, 9.17) is 4.74 Å². The molecule has 1 fully saturated rings. The Balaban J connectivity index is 1.10. The molecule has 4 aromatic rings. The average molecular weight is 503 g/mol. The van der Waals surface area contributed by atoms with E-state index >= 15 is 0 Å². The first-order valence-corrected chi connectivity index (χ1v) is 12.7. The Morgan fingerprint density at radius 1 is 0.816 bits per heavy atom. The molecule has 1 N–H and O–H groups in total. The number of nitrogens with one attached hydrogen (secondary N) is 1. The van der Waals surface area contributed by atoms with Gasteiger partial charge < -0.3 is 10.1 Å². The molecule has 6 heteroatoms. The van der Waals surface area contributed by atoms with Gasteiger partial charge in [-0.25, -0.2) is 0 Å². The predicted molar refractivity (Wildman–Crippen MR) is 147 cm³/mol. The maximum Gasteiger partial charge on any atom is 0.255 e. The highest BCUT2D eigenvalue weighted by Gasteiger charge is 2.48. The van der Waals surface area contributed by atoms with E-state index in [0.29, 0.717) is 35.5 Å². The van der Waals surface area contributed by atoms with Gasteiger partial charge >= 0.3 is 0 Å². The first-order valence-electron chi connectivity index (χ1n) is 12.7. The van der Waals surface area contributed by atoms with Crippen LogP contribution in [0.25, 0.3) is 10.8 Å². The van der Waals surface area contributed by atoms with Crippen LogP contribution in [0.15, 0.2) is 103 Å². The first-order chi connectivity index (χ1) is 18.5. The van der Waals surface area contributed by atoms with Gasteiger partial charge in [0.1, 0.15) is 11.5 Å². The van der Waals surface area contributed by atoms with Gasteiger partial charge in [-0.2, -0.15) is 0 Å². The zero-order chi connectivity index (χ0) is 26.2. The number of amides is 3. The van der Waals surface area contributed by atoms with Gasteiger partial charge in [-0.3, -0.25) is 19.3 Å². The molecule has 0 radical (unpaired) electrons. The number of carbonyl (C=O) groups excluding carboxylic acids is 3. The summed E-state index contributed by atoms with van der Waals surface area (Å²) in [4.78, 5) is 39.9. The Morgan fingerprint density at radius 3 is 2.26 bits per heavy atom. The van der Waals surface area contributed by atoms with Gasteiger partial charge in [0.25, 0.3) is 5.91 Å². The number of carbonyl (C=O) groups is 3. The summed E-state index contributed by atoms with van der Waals surface area (Å²) >= 11 is 0. The lowest BCUT2D eigenvalue weighted by atomic mass is 9.82. The van der Waals surface area contributed by atoms with Crippen LogP contribution < -0.4 is 15.0 Å². The highest BCUT2D eigenvalue weighted by atomic mass is 16.5. The van der Waals surface area contributed by atoms with Gasteiger partial charge in [-0.1, -0.05) is 42.0 Å². The molecule has 0 unspecified atom stereocenters. The lowest BCUT2D eigenvalue weighted by molar-refractivity contribution is -0.122. The number of allylic oxidation sites excluding steroid dienone is 2. The highest BCUT2D eigenvalue weighted by Crippen LogP contribution is 2.39. The van der Waals surface area contributed by atoms with Gasteiger partial charge in [0, 0.05) is 11.3 Å². The third-order valence-corrected chi connectivity index (χ3v) is 7.28. The molecule has 1 heterocycles. The summed E-state index contributed by atoms with van der Waals surface area (Å²) in [6, 6.07) is 27.8. The lowest BCUT2D eigenvalue weighted by Gasteiger charge is -2.18. The predicted octanol–water partition coefficient (Wildman–Crippen LogP) is 6.73. The average Bonchev–Trinajstić information content (AvgIpc) is 3.18. The Bertz CT molecular complexity index is 1590. The van der Waals surface area contributed by atoms with Crippen molar-refractivity contribution in [1.82, 2.24) is 0 Å². The van der Waals surface area contributed by atoms with Crippen molar-refractivity contribution in [3.63, 3.8) is 0 Å². The lowest BCUT2D eigenvalue weighted by Crippen LogP contribution is -2.30. The molecule has 1 saturated heterocycles. The molecule has 1 aliphatic carbocycles. The van der Waals surface area contributed by atoms with Crippen LogP contribution in [-0.2, 0) is 9.59 Å². The fourth-order valence-electron chi connectivity index (χ4n) is 5.23. The molecule has 2 atom stereocenters. The van der Waals surface area contributed by atoms with Crippen molar-refractivity contribution in [2.24, 2.45) is 11.8 Å². The number of fused-ring (bicyclic) bond motifs is 2. The van der Waals surface area contributed by atoms with Crippen molar-refractivity contribution in [2.45, 2.75) is 19.8 Å². The van der Waals surface area contributed by atoms with Crippen LogP contribution in [0.3, 0.4) is 0 Å². The van der Waals surface area contributed by atoms with Gasteiger partial charge in [-0.15, -0.1) is 0 Å². The number of rotatable bonds is 5. The normalized spacial score (nSPS) is 18.8. The Hall–Kier alpha value is -4.71. The quantitative estimate of drug-likeness (QED) is 0.243. The number of ether oxygens (including phenoxy) is 1. The van der Waals surface area contributed by atoms with E-state index in [1.807, 2.05) is 49.4 Å². The minimum absolute atomic E-state index is 0.157. The van der Waals surface area contributed by atoms with Crippen LogP contribution >= 0.6 is 0 Å². The zero-order valence-electron chi connectivity index (χ0n) is 20.9. The van der Waals surface area contributed by atoms with E-state index in [1.165, 1.54) is 4.90 Å². The van der Waals surface area contributed by atoms with Crippen LogP contribution in [0.5, 0.6) is 11.5 Å². The van der Waals surface area contributed by atoms with Crippen LogP contribution in [0, 0.1) is 11.8 Å². The van der Waals surface area contributed by atoms with Crippen LogP contribution in [0.4, 0.5) is 11.4 Å². The molecule has 38 heavy (non-hydrogen) atoms. The molecule has 3 amide bonds. The molecule has 0 bridgehead atoms. The fraction of sp³-hybridized carbons (Fsp3) is 0.156. The van der Waals surface area contributed by atoms with E-state index < -0.39 is 0 Å². The third kappa shape index (κ3) is 4.45. The fourth-order valence-corrected chi connectivity index (χ4v) is 5.23. The van der Waals surface area contributed by atoms with Gasteiger partial charge in [0.15, 0.2) is 0 Å². The molecular formula is C32H26N2O4. The van der Waals surface area contributed by atoms with Crippen LogP contribution in [0.2, 0.25) is 0 Å². The summed E-state index contributed by atoms with van der Waals surface area (Å²) in [5.74, 6) is 0.218. The van der Waals surface area contributed by atoms with E-state index in [-0.39, 0.29) is 29.6 Å². The minimum atomic E-state index is -0.289. The molecular weight excluding hydrogens is 476 g/mol. The van der Waals surface area contributed by atoms with Crippen molar-refractivity contribution >= 4 is 39.9 Å². The van der Waals surface area contributed by atoms with Crippen molar-refractivity contribution in [2.75, 3.05) is 10.2 Å². The smallest absolute Gasteiger partial charge is 0.255 e. The van der Waals surface area contributed by atoms with Crippen LogP contribution in [-0.4, -0.2) is 17.7 Å². The van der Waals surface area contributed by atoms with Crippen molar-refractivity contribution in [3.05, 3.63) is 108 Å². The number of anilines is 2. The first kappa shape index (κ1) is 23.7. The molecule has 6 nitrogen and oxygen atoms in total. The molecule has 188 valence electrons. The van der Waals surface area contributed by atoms with Gasteiger partial charge in [0.05, 0.1) is 17.5 Å². The third-order valence-electron chi connectivity index (χ3n) is 7.28. The van der Waals surface area contributed by atoms with Crippen LogP contribution in [0.1, 0.15) is 30.1 Å². The maximum absolute atomic E-state index is 12.9. The number of hydrogen-bond acceptors (Lipinski definition) is 4. The van der Waals surface area contributed by atoms with E-state index in [0.717, 1.165) is 22.1 Å². The van der Waals surface area contributed by atoms with Crippen molar-refractivity contribution in [3.8, 4) is 11.5 Å². The second kappa shape index (κ2) is 9.63. The molecule has 2 aliphatic rings. The van der Waals surface area contributed by atoms with E-state index in [9.17, 15) is 14.4 Å². The zero-order valence-corrected chi connectivity index (χ0v) is 20.9. The standard InChI is InChI=1S/C32H26N2O4/c1-20-6-17-28-29(18-20)32(37)34(31(28)36)25-12-7-22(8-13-25)30(35)33-24-10-15-26(16-11-24)38-27-14-9-21-4-2-3-5-23(21)19-27/h2-16,19,28-29H,17-18H2,1H3,(H,33,35)/t28-,29+/m1/s1. The SMILES string of the molecule is CC1=CC[C@H]2C(=O)N(c3ccc(C(=O)Nc4ccc(Oc5ccc6ccccc6c5)cc4)cc3)C(=O)[C@H]2C1. The van der Waals surface area contributed by atoms with E-state index in [1.54, 1.807) is 48.5 Å². The second-order valence-electron chi connectivity index (χ2n) is 9.85. The molecule has 4 aromatic carbocycles. The Labute approximate surface area is 220 Å². The van der Waals surface area contributed by atoms with Gasteiger partial charge in [-0.05, 0) is 91.2 Å².